The molecule has 0 aliphatic heterocycles. The van der Waals surface area contributed by atoms with Gasteiger partial charge in [0.2, 0.25) is 5.91 Å². The first kappa shape index (κ1) is 19.9. The monoisotopic (exact) mass is 414 g/mol. The molecule has 7 heteroatoms. The second kappa shape index (κ2) is 9.39. The maximum Gasteiger partial charge on any atom is 0.250 e. The largest absolute Gasteiger partial charge is 0.493 e. The number of hydrogen-bond acceptors (Lipinski definition) is 5. The first-order valence-electron chi connectivity index (χ1n) is 8.48. The number of aromatic nitrogens is 1. The Balaban J connectivity index is 1.62. The zero-order valence-electron chi connectivity index (χ0n) is 15.4. The molecule has 2 aromatic carbocycles. The lowest BCUT2D eigenvalue weighted by molar-refractivity contribution is -0.111. The summed E-state index contributed by atoms with van der Waals surface area (Å²) in [5.74, 6) is 0.987. The maximum absolute atomic E-state index is 12.2. The van der Waals surface area contributed by atoms with Crippen molar-refractivity contribution >= 4 is 40.1 Å². The molecule has 0 aliphatic carbocycles. The van der Waals surface area contributed by atoms with Crippen LogP contribution in [0.4, 0.5) is 5.13 Å². The highest BCUT2D eigenvalue weighted by molar-refractivity contribution is 7.15. The molecule has 3 aromatic rings. The van der Waals surface area contributed by atoms with Crippen LogP contribution in [0.3, 0.4) is 0 Å². The molecule has 1 aromatic heterocycles. The average molecular weight is 415 g/mol. The van der Waals surface area contributed by atoms with E-state index in [1.54, 1.807) is 38.6 Å². The lowest BCUT2D eigenvalue weighted by atomic mass is 10.1. The van der Waals surface area contributed by atoms with Gasteiger partial charge in [0.05, 0.1) is 14.2 Å². The molecule has 1 amide bonds. The fourth-order valence-corrected chi connectivity index (χ4v) is 3.59. The standard InChI is InChI=1S/C21H19ClN2O3S/c1-26-18-9-7-14(11-19(18)27-2)8-10-20(25)24-21-23-13-16(28-21)12-15-5-3-4-6-17(15)22/h3-11,13H,12H2,1-2H3,(H,23,24,25)/b10-8+. The van der Waals surface area contributed by atoms with Gasteiger partial charge in [0, 0.05) is 28.6 Å². The maximum atomic E-state index is 12.2. The van der Waals surface area contributed by atoms with Crippen LogP contribution in [0.2, 0.25) is 5.02 Å². The van der Waals surface area contributed by atoms with Gasteiger partial charge in [0.1, 0.15) is 0 Å². The minimum absolute atomic E-state index is 0.256. The molecule has 0 saturated carbocycles. The summed E-state index contributed by atoms with van der Waals surface area (Å²) >= 11 is 7.62. The highest BCUT2D eigenvalue weighted by Gasteiger charge is 2.08. The van der Waals surface area contributed by atoms with Crippen molar-refractivity contribution in [2.45, 2.75) is 6.42 Å². The van der Waals surface area contributed by atoms with Gasteiger partial charge in [-0.3, -0.25) is 10.1 Å². The summed E-state index contributed by atoms with van der Waals surface area (Å²) in [7, 11) is 3.15. The predicted octanol–water partition coefficient (Wildman–Crippen LogP) is 5.06. The van der Waals surface area contributed by atoms with Crippen molar-refractivity contribution in [2.24, 2.45) is 0 Å². The first-order chi connectivity index (χ1) is 13.6. The lowest BCUT2D eigenvalue weighted by Gasteiger charge is -2.07. The number of carbonyl (C=O) groups is 1. The zero-order chi connectivity index (χ0) is 19.9. The van der Waals surface area contributed by atoms with Crippen molar-refractivity contribution in [3.8, 4) is 11.5 Å². The van der Waals surface area contributed by atoms with E-state index in [-0.39, 0.29) is 5.91 Å². The van der Waals surface area contributed by atoms with Crippen LogP contribution >= 0.6 is 22.9 Å². The van der Waals surface area contributed by atoms with Gasteiger partial charge in [-0.1, -0.05) is 35.9 Å². The number of methoxy groups -OCH3 is 2. The van der Waals surface area contributed by atoms with E-state index in [0.29, 0.717) is 23.1 Å². The van der Waals surface area contributed by atoms with Gasteiger partial charge in [-0.05, 0) is 35.4 Å². The second-order valence-electron chi connectivity index (χ2n) is 5.84. The van der Waals surface area contributed by atoms with E-state index in [0.717, 1.165) is 21.0 Å². The third kappa shape index (κ3) is 5.12. The molecule has 28 heavy (non-hydrogen) atoms. The van der Waals surface area contributed by atoms with Crippen LogP contribution < -0.4 is 14.8 Å². The molecule has 0 bridgehead atoms. The Morgan fingerprint density at radius 2 is 1.96 bits per heavy atom. The number of benzene rings is 2. The zero-order valence-corrected chi connectivity index (χ0v) is 17.0. The molecule has 0 aliphatic rings. The summed E-state index contributed by atoms with van der Waals surface area (Å²) in [6.45, 7) is 0. The fourth-order valence-electron chi connectivity index (χ4n) is 2.55. The number of hydrogen-bond donors (Lipinski definition) is 1. The van der Waals surface area contributed by atoms with Gasteiger partial charge in [0.25, 0.3) is 0 Å². The van der Waals surface area contributed by atoms with Gasteiger partial charge in [0.15, 0.2) is 16.6 Å². The minimum Gasteiger partial charge on any atom is -0.493 e. The summed E-state index contributed by atoms with van der Waals surface area (Å²) in [5, 5.41) is 4.04. The molecule has 0 atom stereocenters. The SMILES string of the molecule is COc1ccc(/C=C/C(=O)Nc2ncc(Cc3ccccc3Cl)s2)cc1OC. The molecule has 144 valence electrons. The van der Waals surface area contributed by atoms with E-state index >= 15 is 0 Å². The number of nitrogens with one attached hydrogen (secondary N) is 1. The molecule has 0 saturated heterocycles. The molecular weight excluding hydrogens is 396 g/mol. The summed E-state index contributed by atoms with van der Waals surface area (Å²) in [6.07, 6.45) is 5.59. The summed E-state index contributed by atoms with van der Waals surface area (Å²) in [4.78, 5) is 17.5. The van der Waals surface area contributed by atoms with E-state index in [4.69, 9.17) is 21.1 Å². The van der Waals surface area contributed by atoms with E-state index in [1.807, 2.05) is 30.3 Å². The van der Waals surface area contributed by atoms with E-state index in [9.17, 15) is 4.79 Å². The molecule has 1 heterocycles. The van der Waals surface area contributed by atoms with Gasteiger partial charge in [-0.2, -0.15) is 0 Å². The van der Waals surface area contributed by atoms with Gasteiger partial charge in [-0.25, -0.2) is 4.98 Å². The Kier molecular flexibility index (Phi) is 6.68. The van der Waals surface area contributed by atoms with Crippen molar-refractivity contribution in [1.29, 1.82) is 0 Å². The summed E-state index contributed by atoms with van der Waals surface area (Å²) in [5.41, 5.74) is 1.85. The van der Waals surface area contributed by atoms with Gasteiger partial charge >= 0.3 is 0 Å². The average Bonchev–Trinajstić information content (AvgIpc) is 3.14. The Hall–Kier alpha value is -2.83. The number of ether oxygens (including phenoxy) is 2. The van der Waals surface area contributed by atoms with E-state index in [2.05, 4.69) is 10.3 Å². The third-order valence-electron chi connectivity index (χ3n) is 3.94. The van der Waals surface area contributed by atoms with Crippen LogP contribution in [0.5, 0.6) is 11.5 Å². The topological polar surface area (TPSA) is 60.5 Å². The first-order valence-corrected chi connectivity index (χ1v) is 9.67. The van der Waals surface area contributed by atoms with Crippen LogP contribution in [0.1, 0.15) is 16.0 Å². The fraction of sp³-hybridized carbons (Fsp3) is 0.143. The molecule has 0 unspecified atom stereocenters. The highest BCUT2D eigenvalue weighted by atomic mass is 35.5. The molecule has 5 nitrogen and oxygen atoms in total. The lowest BCUT2D eigenvalue weighted by Crippen LogP contribution is -2.07. The second-order valence-corrected chi connectivity index (χ2v) is 7.36. The van der Waals surface area contributed by atoms with Crippen LogP contribution in [-0.2, 0) is 11.2 Å². The molecule has 0 radical (unpaired) electrons. The molecule has 0 spiro atoms. The van der Waals surface area contributed by atoms with Crippen molar-refractivity contribution < 1.29 is 14.3 Å². The van der Waals surface area contributed by atoms with Crippen LogP contribution in [0.15, 0.2) is 54.7 Å². The number of carbonyl (C=O) groups excluding carboxylic acids is 1. The molecule has 0 fully saturated rings. The van der Waals surface area contributed by atoms with Crippen molar-refractivity contribution in [3.05, 3.63) is 75.8 Å². The smallest absolute Gasteiger partial charge is 0.250 e. The summed E-state index contributed by atoms with van der Waals surface area (Å²) < 4.78 is 10.5. The van der Waals surface area contributed by atoms with E-state index in [1.165, 1.54) is 17.4 Å². The van der Waals surface area contributed by atoms with Gasteiger partial charge < -0.3 is 9.47 Å². The summed E-state index contributed by atoms with van der Waals surface area (Å²) in [6, 6.07) is 13.1. The number of nitrogens with zero attached hydrogens (tertiary/aromatic N) is 1. The van der Waals surface area contributed by atoms with E-state index < -0.39 is 0 Å². The Morgan fingerprint density at radius 1 is 1.18 bits per heavy atom. The highest BCUT2D eigenvalue weighted by Crippen LogP contribution is 2.28. The predicted molar refractivity (Wildman–Crippen MR) is 114 cm³/mol. The third-order valence-corrected chi connectivity index (χ3v) is 5.22. The van der Waals surface area contributed by atoms with Crippen LogP contribution in [0, 0.1) is 0 Å². The molecule has 1 N–H and O–H groups in total. The Labute approximate surface area is 172 Å². The molecular formula is C21H19ClN2O3S. The van der Waals surface area contributed by atoms with Crippen LogP contribution in [0.25, 0.3) is 6.08 Å². The normalized spacial score (nSPS) is 10.8. The quantitative estimate of drug-likeness (QED) is 0.549. The number of halogens is 1. The number of amides is 1. The molecule has 3 rings (SSSR count). The van der Waals surface area contributed by atoms with Crippen LogP contribution in [-0.4, -0.2) is 25.1 Å². The number of anilines is 1. The minimum atomic E-state index is -0.256. The Morgan fingerprint density at radius 3 is 2.71 bits per heavy atom. The number of rotatable bonds is 7. The van der Waals surface area contributed by atoms with Crippen molar-refractivity contribution in [1.82, 2.24) is 4.98 Å². The van der Waals surface area contributed by atoms with Crippen molar-refractivity contribution in [3.63, 3.8) is 0 Å². The Bertz CT molecular complexity index is 1000. The number of thiazole rings is 1. The van der Waals surface area contributed by atoms with Crippen molar-refractivity contribution in [2.75, 3.05) is 19.5 Å². The van der Waals surface area contributed by atoms with Gasteiger partial charge in [-0.15, -0.1) is 11.3 Å².